The van der Waals surface area contributed by atoms with Crippen LogP contribution in [-0.2, 0) is 4.79 Å². The van der Waals surface area contributed by atoms with E-state index in [0.29, 0.717) is 53.8 Å². The van der Waals surface area contributed by atoms with E-state index in [1.54, 1.807) is 35.2 Å². The zero-order chi connectivity index (χ0) is 27.9. The molecule has 0 radical (unpaired) electrons. The molecule has 39 heavy (non-hydrogen) atoms. The van der Waals surface area contributed by atoms with E-state index in [-0.39, 0.29) is 22.8 Å². The number of methoxy groups -OCH3 is 1. The van der Waals surface area contributed by atoms with Gasteiger partial charge in [0.2, 0.25) is 11.3 Å². The number of H-pyrrole nitrogens is 1. The Labute approximate surface area is 227 Å². The van der Waals surface area contributed by atoms with Crippen molar-refractivity contribution in [2.24, 2.45) is 0 Å². The van der Waals surface area contributed by atoms with Crippen molar-refractivity contribution in [1.29, 1.82) is 0 Å². The third-order valence-corrected chi connectivity index (χ3v) is 6.73. The molecule has 0 fully saturated rings. The van der Waals surface area contributed by atoms with Gasteiger partial charge in [-0.25, -0.2) is 0 Å². The quantitative estimate of drug-likeness (QED) is 0.184. The first kappa shape index (κ1) is 27.4. The fourth-order valence-electron chi connectivity index (χ4n) is 4.62. The summed E-state index contributed by atoms with van der Waals surface area (Å²) in [5.74, 6) is 0.0707. The third kappa shape index (κ3) is 6.46. The number of nitrogens with one attached hydrogen (secondary N) is 2. The third-order valence-electron chi connectivity index (χ3n) is 6.73. The lowest BCUT2D eigenvalue weighted by Gasteiger charge is -2.25. The highest BCUT2D eigenvalue weighted by atomic mass is 16.5. The lowest BCUT2D eigenvalue weighted by Crippen LogP contribution is -2.35. The number of amides is 2. The van der Waals surface area contributed by atoms with Gasteiger partial charge in [-0.1, -0.05) is 36.2 Å². The molecule has 0 unspecified atom stereocenters. The average molecular weight is 527 g/mol. The molecule has 3 aromatic carbocycles. The fourth-order valence-corrected chi connectivity index (χ4v) is 4.62. The maximum absolute atomic E-state index is 13.8. The van der Waals surface area contributed by atoms with Gasteiger partial charge in [0.25, 0.3) is 5.91 Å². The minimum Gasteiger partial charge on any atom is -0.497 e. The summed E-state index contributed by atoms with van der Waals surface area (Å²) < 4.78 is 5.27. The topological polar surface area (TPSA) is 118 Å². The second-order valence-corrected chi connectivity index (χ2v) is 9.64. The molecule has 0 saturated carbocycles. The summed E-state index contributed by atoms with van der Waals surface area (Å²) >= 11 is 0. The molecule has 202 valence electrons. The first-order chi connectivity index (χ1) is 18.8. The number of fused-ring (bicyclic) bond motifs is 1. The van der Waals surface area contributed by atoms with Crippen LogP contribution in [0.25, 0.3) is 10.9 Å². The van der Waals surface area contributed by atoms with E-state index in [9.17, 15) is 14.4 Å². The highest BCUT2D eigenvalue weighted by molar-refractivity contribution is 6.07. The Balaban J connectivity index is 1.49. The number of carbonyl (C=O) groups excluding carboxylic acids is 2. The summed E-state index contributed by atoms with van der Waals surface area (Å²) in [5.41, 5.74) is 10.2. The van der Waals surface area contributed by atoms with Crippen LogP contribution in [0.1, 0.15) is 47.2 Å². The van der Waals surface area contributed by atoms with E-state index in [1.165, 1.54) is 13.3 Å². The number of carbonyl (C=O) groups is 2. The molecule has 0 aliphatic carbocycles. The fraction of sp³-hybridized carbons (Fsp3) is 0.258. The van der Waals surface area contributed by atoms with E-state index in [0.717, 1.165) is 23.2 Å². The molecule has 8 nitrogen and oxygen atoms in total. The highest BCUT2D eigenvalue weighted by Crippen LogP contribution is 2.25. The smallest absolute Gasteiger partial charge is 0.263 e. The molecule has 0 saturated heterocycles. The Morgan fingerprint density at radius 1 is 1.00 bits per heavy atom. The zero-order valence-corrected chi connectivity index (χ0v) is 22.5. The minimum atomic E-state index is -0.370. The number of nitrogens with zero attached hydrogens (tertiary/aromatic N) is 1. The molecule has 4 rings (SSSR count). The van der Waals surface area contributed by atoms with Gasteiger partial charge in [-0.2, -0.15) is 0 Å². The number of aryl methyl sites for hydroxylation is 2. The monoisotopic (exact) mass is 526 g/mol. The van der Waals surface area contributed by atoms with Crippen molar-refractivity contribution >= 4 is 39.8 Å². The summed E-state index contributed by atoms with van der Waals surface area (Å²) in [6.07, 6.45) is 3.88. The second-order valence-electron chi connectivity index (χ2n) is 9.64. The van der Waals surface area contributed by atoms with Gasteiger partial charge in [0.15, 0.2) is 0 Å². The van der Waals surface area contributed by atoms with E-state index in [1.807, 2.05) is 44.2 Å². The molecule has 1 aromatic heterocycles. The van der Waals surface area contributed by atoms with Crippen LogP contribution < -0.4 is 26.1 Å². The van der Waals surface area contributed by atoms with Gasteiger partial charge in [-0.05, 0) is 68.7 Å². The van der Waals surface area contributed by atoms with Crippen molar-refractivity contribution in [2.45, 2.75) is 39.5 Å². The zero-order valence-electron chi connectivity index (χ0n) is 22.5. The van der Waals surface area contributed by atoms with E-state index in [2.05, 4.69) is 10.3 Å². The lowest BCUT2D eigenvalue weighted by atomic mass is 10.1. The van der Waals surface area contributed by atoms with Crippen molar-refractivity contribution in [3.8, 4) is 5.75 Å². The van der Waals surface area contributed by atoms with Gasteiger partial charge in [-0.3, -0.25) is 14.4 Å². The number of para-hydroxylation sites is 2. The first-order valence-corrected chi connectivity index (χ1v) is 13.0. The van der Waals surface area contributed by atoms with Gasteiger partial charge in [0.1, 0.15) is 11.3 Å². The molecular formula is C31H34N4O4. The van der Waals surface area contributed by atoms with Gasteiger partial charge >= 0.3 is 0 Å². The number of hydrogen-bond acceptors (Lipinski definition) is 5. The van der Waals surface area contributed by atoms with Gasteiger partial charge < -0.3 is 25.7 Å². The predicted octanol–water partition coefficient (Wildman–Crippen LogP) is 5.58. The molecule has 2 amide bonds. The Kier molecular flexibility index (Phi) is 8.66. The SMILES string of the molecule is COc1ccc2[nH]cc(C(=O)N(CCCCCC(=O)Nc3ccccc3N)c3ccc(C)cc3C)c(=O)c2c1. The average Bonchev–Trinajstić information content (AvgIpc) is 2.92. The van der Waals surface area contributed by atoms with Crippen LogP contribution in [0.5, 0.6) is 5.75 Å². The molecule has 4 N–H and O–H groups in total. The number of anilines is 3. The van der Waals surface area contributed by atoms with Crippen LogP contribution in [0.2, 0.25) is 0 Å². The summed E-state index contributed by atoms with van der Waals surface area (Å²) in [6.45, 7) is 4.36. The molecule has 0 aliphatic rings. The Morgan fingerprint density at radius 2 is 1.79 bits per heavy atom. The van der Waals surface area contributed by atoms with Crippen LogP contribution in [0.3, 0.4) is 0 Å². The molecule has 8 heteroatoms. The number of ether oxygens (including phenoxy) is 1. The van der Waals surface area contributed by atoms with Crippen molar-refractivity contribution in [1.82, 2.24) is 4.98 Å². The van der Waals surface area contributed by atoms with Crippen LogP contribution in [0, 0.1) is 13.8 Å². The second kappa shape index (κ2) is 12.3. The summed E-state index contributed by atoms with van der Waals surface area (Å²) in [5, 5.41) is 3.24. The number of pyridine rings is 1. The van der Waals surface area contributed by atoms with Crippen molar-refractivity contribution in [3.63, 3.8) is 0 Å². The van der Waals surface area contributed by atoms with E-state index < -0.39 is 0 Å². The van der Waals surface area contributed by atoms with Gasteiger partial charge in [0.05, 0.1) is 18.5 Å². The Hall–Kier alpha value is -4.59. The molecule has 0 bridgehead atoms. The number of unbranched alkanes of at least 4 members (excludes halogenated alkanes) is 2. The van der Waals surface area contributed by atoms with E-state index in [4.69, 9.17) is 10.5 Å². The standard InChI is InChI=1S/C31H34N4O4/c1-20-12-15-28(21(2)17-20)35(16-8-4-5-11-29(36)34-27-10-7-6-9-25(27)32)31(38)24-19-33-26-14-13-22(39-3)18-23(26)30(24)37/h6-7,9-10,12-15,17-19H,4-5,8,11,16,32H2,1-3H3,(H,33,37)(H,34,36). The van der Waals surface area contributed by atoms with Gasteiger partial charge in [-0.15, -0.1) is 0 Å². The summed E-state index contributed by atoms with van der Waals surface area (Å²) in [6, 6.07) is 18.2. The van der Waals surface area contributed by atoms with E-state index >= 15 is 0 Å². The maximum Gasteiger partial charge on any atom is 0.263 e. The summed E-state index contributed by atoms with van der Waals surface area (Å²) in [4.78, 5) is 44.3. The largest absolute Gasteiger partial charge is 0.497 e. The van der Waals surface area contributed by atoms with Crippen molar-refractivity contribution in [3.05, 3.63) is 93.8 Å². The van der Waals surface area contributed by atoms with Gasteiger partial charge in [0, 0.05) is 35.8 Å². The number of nitrogen functional groups attached to an aromatic ring is 1. The van der Waals surface area contributed by atoms with Crippen LogP contribution in [0.15, 0.2) is 71.7 Å². The van der Waals surface area contributed by atoms with Crippen molar-refractivity contribution in [2.75, 3.05) is 29.6 Å². The lowest BCUT2D eigenvalue weighted by molar-refractivity contribution is -0.116. The maximum atomic E-state index is 13.8. The number of aromatic amines is 1. The van der Waals surface area contributed by atoms with Crippen molar-refractivity contribution < 1.29 is 14.3 Å². The number of nitrogens with two attached hydrogens (primary N) is 1. The molecule has 0 aliphatic heterocycles. The predicted molar refractivity (Wildman–Crippen MR) is 157 cm³/mol. The van der Waals surface area contributed by atoms with Crippen LogP contribution in [-0.4, -0.2) is 30.5 Å². The summed E-state index contributed by atoms with van der Waals surface area (Å²) in [7, 11) is 1.53. The first-order valence-electron chi connectivity index (χ1n) is 13.0. The highest BCUT2D eigenvalue weighted by Gasteiger charge is 2.23. The Morgan fingerprint density at radius 3 is 2.54 bits per heavy atom. The normalized spacial score (nSPS) is 10.8. The Bertz CT molecular complexity index is 1560. The number of hydrogen-bond donors (Lipinski definition) is 3. The molecule has 1 heterocycles. The molecular weight excluding hydrogens is 492 g/mol. The number of rotatable bonds is 10. The number of benzene rings is 3. The molecule has 0 spiro atoms. The van der Waals surface area contributed by atoms with Crippen LogP contribution in [0.4, 0.5) is 17.1 Å². The van der Waals surface area contributed by atoms with Crippen LogP contribution >= 0.6 is 0 Å². The molecule has 4 aromatic rings. The number of aromatic nitrogens is 1. The minimum absolute atomic E-state index is 0.0653. The molecule has 0 atom stereocenters.